The van der Waals surface area contributed by atoms with Crippen LogP contribution in [-0.2, 0) is 17.0 Å². The van der Waals surface area contributed by atoms with Crippen LogP contribution in [0, 0.1) is 6.92 Å². The van der Waals surface area contributed by atoms with Gasteiger partial charge >= 0.3 is 10.4 Å². The number of methoxy groups -OCH3 is 1. The Balaban J connectivity index is 3.00. The van der Waals surface area contributed by atoms with E-state index >= 15 is 0 Å². The van der Waals surface area contributed by atoms with Crippen molar-refractivity contribution in [2.45, 2.75) is 13.5 Å². The fourth-order valence-corrected chi connectivity index (χ4v) is 1.64. The third-order valence-corrected chi connectivity index (χ3v) is 3.07. The number of halogens is 1. The fraction of sp³-hybridized carbons (Fsp3) is 0.400. The van der Waals surface area contributed by atoms with E-state index in [9.17, 15) is 12.3 Å². The van der Waals surface area contributed by atoms with Crippen molar-refractivity contribution >= 4 is 10.4 Å². The number of ether oxygens (including phenoxy) is 1. The van der Waals surface area contributed by atoms with Crippen LogP contribution in [-0.4, -0.2) is 26.9 Å². The zero-order chi connectivity index (χ0) is 12.3. The summed E-state index contributed by atoms with van der Waals surface area (Å²) in [6, 6.07) is 5.33. The molecule has 0 heterocycles. The first-order chi connectivity index (χ1) is 7.34. The van der Waals surface area contributed by atoms with E-state index in [0.29, 0.717) is 15.6 Å². The van der Waals surface area contributed by atoms with Gasteiger partial charge in [-0.3, -0.25) is 0 Å². The van der Waals surface area contributed by atoms with Crippen LogP contribution in [0.5, 0.6) is 5.75 Å². The molecule has 4 nitrogen and oxygen atoms in total. The van der Waals surface area contributed by atoms with Crippen LogP contribution in [0.2, 0.25) is 0 Å². The van der Waals surface area contributed by atoms with Crippen molar-refractivity contribution in [2.24, 2.45) is 0 Å². The fourth-order valence-electron chi connectivity index (χ4n) is 1.35. The second-order valence-corrected chi connectivity index (χ2v) is 4.96. The molecule has 0 unspecified atom stereocenters. The Labute approximate surface area is 95.0 Å². The third-order valence-electron chi connectivity index (χ3n) is 2.20. The number of hydrogen-bond acceptors (Lipinski definition) is 3. The van der Waals surface area contributed by atoms with Crippen molar-refractivity contribution in [3.8, 4) is 5.75 Å². The Morgan fingerprint density at radius 1 is 1.44 bits per heavy atom. The van der Waals surface area contributed by atoms with E-state index < -0.39 is 10.4 Å². The standard InChI is InChI=1S/C10H14FNO3S/c1-8-4-5-10(15-3)9(6-8)7-12(2)16(11,13)14/h4-6H,7H2,1-3H3. The molecule has 0 saturated carbocycles. The number of benzene rings is 1. The highest BCUT2D eigenvalue weighted by Gasteiger charge is 2.17. The van der Waals surface area contributed by atoms with Gasteiger partial charge in [0.25, 0.3) is 0 Å². The molecule has 0 aliphatic heterocycles. The van der Waals surface area contributed by atoms with Crippen LogP contribution in [0.4, 0.5) is 3.89 Å². The summed E-state index contributed by atoms with van der Waals surface area (Å²) >= 11 is 0. The quantitative estimate of drug-likeness (QED) is 0.760. The van der Waals surface area contributed by atoms with E-state index in [1.807, 2.05) is 13.0 Å². The Bertz CT molecular complexity index is 473. The number of aryl methyl sites for hydroxylation is 1. The van der Waals surface area contributed by atoms with E-state index in [0.717, 1.165) is 5.56 Å². The lowest BCUT2D eigenvalue weighted by Gasteiger charge is -2.14. The van der Waals surface area contributed by atoms with Crippen LogP contribution in [0.3, 0.4) is 0 Å². The van der Waals surface area contributed by atoms with Gasteiger partial charge in [0.2, 0.25) is 0 Å². The van der Waals surface area contributed by atoms with Gasteiger partial charge in [0, 0.05) is 19.2 Å². The number of hydrogen-bond donors (Lipinski definition) is 0. The second kappa shape index (κ2) is 4.80. The van der Waals surface area contributed by atoms with Crippen LogP contribution in [0.15, 0.2) is 18.2 Å². The van der Waals surface area contributed by atoms with Crippen LogP contribution in [0.25, 0.3) is 0 Å². The third kappa shape index (κ3) is 3.18. The van der Waals surface area contributed by atoms with Crippen molar-refractivity contribution in [3.63, 3.8) is 0 Å². The lowest BCUT2D eigenvalue weighted by atomic mass is 10.1. The van der Waals surface area contributed by atoms with Gasteiger partial charge in [-0.2, -0.15) is 12.7 Å². The first-order valence-corrected chi connectivity index (χ1v) is 5.98. The molecular formula is C10H14FNO3S. The Hall–Kier alpha value is -1.14. The minimum Gasteiger partial charge on any atom is -0.496 e. The molecule has 1 rings (SSSR count). The zero-order valence-corrected chi connectivity index (χ0v) is 10.2. The molecule has 1 aromatic carbocycles. The molecule has 0 radical (unpaired) electrons. The maximum Gasteiger partial charge on any atom is 0.374 e. The summed E-state index contributed by atoms with van der Waals surface area (Å²) < 4.78 is 39.6. The Morgan fingerprint density at radius 3 is 2.56 bits per heavy atom. The maximum absolute atomic E-state index is 12.7. The summed E-state index contributed by atoms with van der Waals surface area (Å²) in [4.78, 5) is 0. The highest BCUT2D eigenvalue weighted by molar-refractivity contribution is 7.83. The molecule has 1 aromatic rings. The molecule has 6 heteroatoms. The van der Waals surface area contributed by atoms with E-state index in [4.69, 9.17) is 4.74 Å². The van der Waals surface area contributed by atoms with Gasteiger partial charge < -0.3 is 4.74 Å². The minimum absolute atomic E-state index is 0.0519. The molecule has 0 aliphatic rings. The van der Waals surface area contributed by atoms with Crippen molar-refractivity contribution in [1.29, 1.82) is 0 Å². The largest absolute Gasteiger partial charge is 0.496 e. The minimum atomic E-state index is -4.66. The van der Waals surface area contributed by atoms with Gasteiger partial charge in [-0.25, -0.2) is 0 Å². The van der Waals surface area contributed by atoms with Crippen molar-refractivity contribution < 1.29 is 17.0 Å². The molecule has 90 valence electrons. The summed E-state index contributed by atoms with van der Waals surface area (Å²) in [7, 11) is -2.00. The Morgan fingerprint density at radius 2 is 2.06 bits per heavy atom. The van der Waals surface area contributed by atoms with Gasteiger partial charge in [0.1, 0.15) is 5.75 Å². The van der Waals surface area contributed by atoms with Gasteiger partial charge in [-0.05, 0) is 13.0 Å². The molecule has 0 saturated heterocycles. The first-order valence-electron chi connectivity index (χ1n) is 4.64. The predicted molar refractivity (Wildman–Crippen MR) is 59.2 cm³/mol. The highest BCUT2D eigenvalue weighted by atomic mass is 32.3. The average molecular weight is 247 g/mol. The van der Waals surface area contributed by atoms with Gasteiger partial charge in [-0.15, -0.1) is 0 Å². The highest BCUT2D eigenvalue weighted by Crippen LogP contribution is 2.21. The zero-order valence-electron chi connectivity index (χ0n) is 9.40. The molecule has 16 heavy (non-hydrogen) atoms. The summed E-state index contributed by atoms with van der Waals surface area (Å²) in [5.74, 6) is 0.543. The molecule has 0 atom stereocenters. The van der Waals surface area contributed by atoms with Crippen molar-refractivity contribution in [1.82, 2.24) is 4.31 Å². The second-order valence-electron chi connectivity index (χ2n) is 3.51. The van der Waals surface area contributed by atoms with Gasteiger partial charge in [0.15, 0.2) is 0 Å². The summed E-state index contributed by atoms with van der Waals surface area (Å²) in [6.45, 7) is 1.82. The van der Waals surface area contributed by atoms with Crippen LogP contribution in [0.1, 0.15) is 11.1 Å². The molecule has 0 bridgehead atoms. The topological polar surface area (TPSA) is 46.6 Å². The molecule has 0 spiro atoms. The summed E-state index contributed by atoms with van der Waals surface area (Å²) in [5.41, 5.74) is 1.59. The van der Waals surface area contributed by atoms with Gasteiger partial charge in [0.05, 0.1) is 7.11 Å². The smallest absolute Gasteiger partial charge is 0.374 e. The monoisotopic (exact) mass is 247 g/mol. The van der Waals surface area contributed by atoms with E-state index in [1.54, 1.807) is 12.1 Å². The molecule has 0 amide bonds. The SMILES string of the molecule is COc1ccc(C)cc1CN(C)S(=O)(=O)F. The first kappa shape index (κ1) is 12.9. The molecule has 0 N–H and O–H groups in total. The maximum atomic E-state index is 12.7. The average Bonchev–Trinajstić information content (AvgIpc) is 2.16. The predicted octanol–water partition coefficient (Wildman–Crippen LogP) is 1.65. The molecular weight excluding hydrogens is 233 g/mol. The molecule has 0 aromatic heterocycles. The van der Waals surface area contributed by atoms with Crippen LogP contribution >= 0.6 is 0 Å². The molecule has 0 fully saturated rings. The summed E-state index contributed by atoms with van der Waals surface area (Å²) in [6.07, 6.45) is 0. The van der Waals surface area contributed by atoms with Crippen molar-refractivity contribution in [3.05, 3.63) is 29.3 Å². The molecule has 0 aliphatic carbocycles. The van der Waals surface area contributed by atoms with E-state index in [2.05, 4.69) is 0 Å². The number of nitrogens with zero attached hydrogens (tertiary/aromatic N) is 1. The van der Waals surface area contributed by atoms with E-state index in [1.165, 1.54) is 14.2 Å². The normalized spacial score (nSPS) is 11.8. The van der Waals surface area contributed by atoms with Gasteiger partial charge in [-0.1, -0.05) is 21.6 Å². The Kier molecular flexibility index (Phi) is 3.88. The lowest BCUT2D eigenvalue weighted by Crippen LogP contribution is -2.22. The number of rotatable bonds is 4. The lowest BCUT2D eigenvalue weighted by molar-refractivity contribution is 0.391. The summed E-state index contributed by atoms with van der Waals surface area (Å²) in [5, 5.41) is 0. The van der Waals surface area contributed by atoms with Crippen LogP contribution < -0.4 is 4.74 Å². The van der Waals surface area contributed by atoms with E-state index in [-0.39, 0.29) is 6.54 Å². The van der Waals surface area contributed by atoms with Crippen molar-refractivity contribution in [2.75, 3.05) is 14.2 Å².